The summed E-state index contributed by atoms with van der Waals surface area (Å²) in [7, 11) is -3.67. The summed E-state index contributed by atoms with van der Waals surface area (Å²) in [5.74, 6) is -0.452. The van der Waals surface area contributed by atoms with Gasteiger partial charge in [0, 0.05) is 18.9 Å². The largest absolute Gasteiger partial charge is 0.350 e. The Balaban J connectivity index is 2.12. The number of anilines is 1. The Morgan fingerprint density at radius 1 is 1.33 bits per heavy atom. The van der Waals surface area contributed by atoms with Gasteiger partial charge >= 0.3 is 0 Å². The number of nitriles is 1. The Labute approximate surface area is 140 Å². The average molecular weight is 344 g/mol. The highest BCUT2D eigenvalue weighted by molar-refractivity contribution is 7.92. The molecule has 7 nitrogen and oxygen atoms in total. The van der Waals surface area contributed by atoms with Crippen LogP contribution in [0.25, 0.3) is 0 Å². The summed E-state index contributed by atoms with van der Waals surface area (Å²) in [6, 6.07) is 11.6. The van der Waals surface area contributed by atoms with Crippen molar-refractivity contribution in [3.8, 4) is 6.07 Å². The molecule has 0 unspecified atom stereocenters. The molecule has 0 spiro atoms. The maximum absolute atomic E-state index is 12.1. The molecule has 0 radical (unpaired) electrons. The second-order valence-corrected chi connectivity index (χ2v) is 6.98. The van der Waals surface area contributed by atoms with Crippen LogP contribution in [0.4, 0.5) is 5.69 Å². The zero-order valence-corrected chi connectivity index (χ0v) is 13.8. The summed E-state index contributed by atoms with van der Waals surface area (Å²) in [5, 5.41) is 11.6. The fourth-order valence-electron chi connectivity index (χ4n) is 2.02. The Bertz CT molecular complexity index is 860. The molecular formula is C16H16N4O3S. The van der Waals surface area contributed by atoms with Crippen molar-refractivity contribution in [3.63, 3.8) is 0 Å². The van der Waals surface area contributed by atoms with Crippen LogP contribution < -0.4 is 9.62 Å². The van der Waals surface area contributed by atoms with Crippen LogP contribution in [0.15, 0.2) is 48.8 Å². The smallest absolute Gasteiger partial charge is 0.241 e. The van der Waals surface area contributed by atoms with Crippen molar-refractivity contribution in [1.82, 2.24) is 10.3 Å². The number of sulfonamides is 1. The Morgan fingerprint density at radius 2 is 2.12 bits per heavy atom. The highest BCUT2D eigenvalue weighted by atomic mass is 32.2. The lowest BCUT2D eigenvalue weighted by atomic mass is 10.2. The molecule has 0 aliphatic carbocycles. The zero-order valence-electron chi connectivity index (χ0n) is 13.0. The van der Waals surface area contributed by atoms with Gasteiger partial charge in [0.05, 0.1) is 23.6 Å². The molecule has 1 aromatic heterocycles. The molecule has 124 valence electrons. The summed E-state index contributed by atoms with van der Waals surface area (Å²) in [6.07, 6.45) is 4.25. The van der Waals surface area contributed by atoms with Crippen LogP contribution in [0.1, 0.15) is 11.1 Å². The first-order valence-corrected chi connectivity index (χ1v) is 8.88. The quantitative estimate of drug-likeness (QED) is 0.843. The van der Waals surface area contributed by atoms with E-state index in [0.717, 1.165) is 16.1 Å². The van der Waals surface area contributed by atoms with E-state index in [-0.39, 0.29) is 18.8 Å². The first-order chi connectivity index (χ1) is 11.4. The van der Waals surface area contributed by atoms with Gasteiger partial charge in [0.2, 0.25) is 15.9 Å². The molecule has 0 aliphatic heterocycles. The normalized spacial score (nSPS) is 10.7. The predicted octanol–water partition coefficient (Wildman–Crippen LogP) is 1.04. The van der Waals surface area contributed by atoms with Crippen molar-refractivity contribution in [3.05, 3.63) is 59.9 Å². The van der Waals surface area contributed by atoms with Gasteiger partial charge in [-0.3, -0.25) is 14.1 Å². The number of carbonyl (C=O) groups is 1. The molecule has 0 saturated carbocycles. The van der Waals surface area contributed by atoms with Crippen molar-refractivity contribution in [2.24, 2.45) is 0 Å². The van der Waals surface area contributed by atoms with Gasteiger partial charge in [-0.05, 0) is 29.8 Å². The molecule has 0 atom stereocenters. The molecule has 2 aromatic rings. The zero-order chi connectivity index (χ0) is 17.6. The van der Waals surface area contributed by atoms with E-state index in [9.17, 15) is 13.2 Å². The maximum atomic E-state index is 12.1. The van der Waals surface area contributed by atoms with E-state index in [0.29, 0.717) is 5.56 Å². The van der Waals surface area contributed by atoms with Gasteiger partial charge in [-0.25, -0.2) is 8.42 Å². The molecule has 0 saturated heterocycles. The molecule has 8 heteroatoms. The van der Waals surface area contributed by atoms with E-state index >= 15 is 0 Å². The standard InChI is InChI=1S/C16H16N4O3S/c1-24(22,23)20(15-6-2-4-13(8-15)9-17)12-16(21)19-11-14-5-3-7-18-10-14/h2-8,10H,11-12H2,1H3,(H,19,21). The number of nitrogens with one attached hydrogen (secondary N) is 1. The van der Waals surface area contributed by atoms with E-state index in [1.165, 1.54) is 12.1 Å². The molecule has 0 bridgehead atoms. The monoisotopic (exact) mass is 344 g/mol. The minimum atomic E-state index is -3.67. The van der Waals surface area contributed by atoms with Gasteiger partial charge in [-0.1, -0.05) is 12.1 Å². The van der Waals surface area contributed by atoms with Crippen LogP contribution in [0.2, 0.25) is 0 Å². The molecule has 1 N–H and O–H groups in total. The van der Waals surface area contributed by atoms with Gasteiger partial charge < -0.3 is 5.32 Å². The van der Waals surface area contributed by atoms with Gasteiger partial charge in [0.1, 0.15) is 6.54 Å². The molecule has 1 heterocycles. The van der Waals surface area contributed by atoms with Crippen LogP contribution in [-0.2, 0) is 21.4 Å². The second kappa shape index (κ2) is 7.57. The van der Waals surface area contributed by atoms with Crippen LogP contribution in [-0.4, -0.2) is 32.1 Å². The van der Waals surface area contributed by atoms with Crippen molar-refractivity contribution in [1.29, 1.82) is 5.26 Å². The number of nitrogens with zero attached hydrogens (tertiary/aromatic N) is 3. The summed E-state index contributed by atoms with van der Waals surface area (Å²) < 4.78 is 25.0. The predicted molar refractivity (Wildman–Crippen MR) is 89.4 cm³/mol. The third kappa shape index (κ3) is 4.79. The number of carbonyl (C=O) groups excluding carboxylic acids is 1. The van der Waals surface area contributed by atoms with E-state index in [2.05, 4.69) is 10.3 Å². The Kier molecular flexibility index (Phi) is 5.50. The maximum Gasteiger partial charge on any atom is 0.241 e. The number of hydrogen-bond acceptors (Lipinski definition) is 5. The lowest BCUT2D eigenvalue weighted by Crippen LogP contribution is -2.40. The van der Waals surface area contributed by atoms with Gasteiger partial charge in [0.25, 0.3) is 0 Å². The van der Waals surface area contributed by atoms with Gasteiger partial charge in [-0.15, -0.1) is 0 Å². The Hall–Kier alpha value is -2.92. The second-order valence-electron chi connectivity index (χ2n) is 5.07. The van der Waals surface area contributed by atoms with E-state index in [4.69, 9.17) is 5.26 Å². The summed E-state index contributed by atoms with van der Waals surface area (Å²) >= 11 is 0. The van der Waals surface area contributed by atoms with Gasteiger partial charge in [-0.2, -0.15) is 5.26 Å². The number of rotatable bonds is 6. The molecule has 1 aromatic carbocycles. The van der Waals surface area contributed by atoms with Crippen molar-refractivity contribution >= 4 is 21.6 Å². The topological polar surface area (TPSA) is 103 Å². The van der Waals surface area contributed by atoms with Crippen molar-refractivity contribution in [2.45, 2.75) is 6.54 Å². The minimum absolute atomic E-state index is 0.252. The minimum Gasteiger partial charge on any atom is -0.350 e. The van der Waals surface area contributed by atoms with Crippen LogP contribution >= 0.6 is 0 Å². The van der Waals surface area contributed by atoms with Crippen LogP contribution in [0.5, 0.6) is 0 Å². The third-order valence-electron chi connectivity index (χ3n) is 3.16. The van der Waals surface area contributed by atoms with Crippen molar-refractivity contribution in [2.75, 3.05) is 17.1 Å². The number of pyridine rings is 1. The van der Waals surface area contributed by atoms with Crippen LogP contribution in [0.3, 0.4) is 0 Å². The fraction of sp³-hybridized carbons (Fsp3) is 0.188. The molecule has 24 heavy (non-hydrogen) atoms. The highest BCUT2D eigenvalue weighted by Gasteiger charge is 2.21. The van der Waals surface area contributed by atoms with Gasteiger partial charge in [0.15, 0.2) is 0 Å². The van der Waals surface area contributed by atoms with Crippen molar-refractivity contribution < 1.29 is 13.2 Å². The van der Waals surface area contributed by atoms with Crippen LogP contribution in [0, 0.1) is 11.3 Å². The number of benzene rings is 1. The summed E-state index contributed by atoms with van der Waals surface area (Å²) in [5.41, 5.74) is 1.40. The average Bonchev–Trinajstić information content (AvgIpc) is 2.58. The van der Waals surface area contributed by atoms with E-state index < -0.39 is 15.9 Å². The van der Waals surface area contributed by atoms with E-state index in [1.807, 2.05) is 6.07 Å². The number of hydrogen-bond donors (Lipinski definition) is 1. The number of amides is 1. The lowest BCUT2D eigenvalue weighted by Gasteiger charge is -2.22. The molecule has 0 fully saturated rings. The first kappa shape index (κ1) is 17.4. The fourth-order valence-corrected chi connectivity index (χ4v) is 2.87. The lowest BCUT2D eigenvalue weighted by molar-refractivity contribution is -0.119. The summed E-state index contributed by atoms with van der Waals surface area (Å²) in [4.78, 5) is 16.0. The first-order valence-electron chi connectivity index (χ1n) is 7.03. The molecule has 1 amide bonds. The molecule has 0 aliphatic rings. The summed E-state index contributed by atoms with van der Waals surface area (Å²) in [6.45, 7) is -0.115. The Morgan fingerprint density at radius 3 is 2.75 bits per heavy atom. The molecular weight excluding hydrogens is 328 g/mol. The third-order valence-corrected chi connectivity index (χ3v) is 4.30. The number of aromatic nitrogens is 1. The molecule has 2 rings (SSSR count). The SMILES string of the molecule is CS(=O)(=O)N(CC(=O)NCc1cccnc1)c1cccc(C#N)c1. The highest BCUT2D eigenvalue weighted by Crippen LogP contribution is 2.18. The van der Waals surface area contributed by atoms with E-state index in [1.54, 1.807) is 36.7 Å².